The summed E-state index contributed by atoms with van der Waals surface area (Å²) in [6.45, 7) is 3.21. The van der Waals surface area contributed by atoms with E-state index in [-0.39, 0.29) is 18.7 Å². The molecule has 2 aromatic carbocycles. The Labute approximate surface area is 172 Å². The van der Waals surface area contributed by atoms with E-state index >= 15 is 0 Å². The van der Waals surface area contributed by atoms with Crippen molar-refractivity contribution in [2.45, 2.75) is 26.4 Å². The third-order valence-corrected chi connectivity index (χ3v) is 5.24. The molecule has 0 aliphatic carbocycles. The lowest BCUT2D eigenvalue weighted by Crippen LogP contribution is -2.33. The predicted molar refractivity (Wildman–Crippen MR) is 109 cm³/mol. The maximum atomic E-state index is 12.9. The Morgan fingerprint density at radius 2 is 1.60 bits per heavy atom. The smallest absolute Gasteiger partial charge is 0.308 e. The highest BCUT2D eigenvalue weighted by molar-refractivity contribution is 6.21. The monoisotopic (exact) mass is 404 g/mol. The molecule has 0 bridgehead atoms. The second-order valence-electron chi connectivity index (χ2n) is 7.22. The van der Waals surface area contributed by atoms with Crippen LogP contribution in [0.15, 0.2) is 48.5 Å². The molecule has 152 valence electrons. The molecule has 0 fully saturated rings. The maximum absolute atomic E-state index is 12.9. The number of carbonyl (C=O) groups excluding carboxylic acids is 4. The van der Waals surface area contributed by atoms with E-state index < -0.39 is 23.9 Å². The second-order valence-corrected chi connectivity index (χ2v) is 7.22. The fourth-order valence-electron chi connectivity index (χ4n) is 3.75. The molecule has 0 saturated heterocycles. The number of rotatable bonds is 6. The number of hydrogen-bond acceptors (Lipinski definition) is 5. The third kappa shape index (κ3) is 3.28. The summed E-state index contributed by atoms with van der Waals surface area (Å²) in [4.78, 5) is 54.1. The lowest BCUT2D eigenvalue weighted by molar-refractivity contribution is -0.146. The Balaban J connectivity index is 1.40. The lowest BCUT2D eigenvalue weighted by atomic mass is 10.0. The Morgan fingerprint density at radius 1 is 1.00 bits per heavy atom. The predicted octanol–water partition coefficient (Wildman–Crippen LogP) is 3.28. The van der Waals surface area contributed by atoms with Crippen LogP contribution in [0.4, 0.5) is 0 Å². The van der Waals surface area contributed by atoms with Gasteiger partial charge in [-0.3, -0.25) is 24.1 Å². The van der Waals surface area contributed by atoms with Crippen LogP contribution in [0.1, 0.15) is 50.1 Å². The molecule has 1 aliphatic heterocycles. The lowest BCUT2D eigenvalue weighted by Gasteiger charge is -2.15. The first-order valence-electron chi connectivity index (χ1n) is 9.64. The number of fused-ring (bicyclic) bond motifs is 2. The first kappa shape index (κ1) is 19.6. The minimum absolute atomic E-state index is 0.0990. The van der Waals surface area contributed by atoms with E-state index in [4.69, 9.17) is 4.74 Å². The molecule has 0 spiro atoms. The number of hydrogen-bond donors (Lipinski definition) is 1. The van der Waals surface area contributed by atoms with Crippen molar-refractivity contribution in [1.82, 2.24) is 9.88 Å². The number of H-pyrrole nitrogens is 1. The van der Waals surface area contributed by atoms with Gasteiger partial charge in [-0.25, -0.2) is 0 Å². The van der Waals surface area contributed by atoms with Crippen molar-refractivity contribution in [3.63, 3.8) is 0 Å². The van der Waals surface area contributed by atoms with Gasteiger partial charge in [-0.15, -0.1) is 0 Å². The molecule has 1 N–H and O–H groups in total. The number of Topliss-reactive ketones (excluding diaryl/α,β-unsaturated/α-hetero) is 1. The van der Waals surface area contributed by atoms with Crippen LogP contribution >= 0.6 is 0 Å². The van der Waals surface area contributed by atoms with Crippen LogP contribution in [0.3, 0.4) is 0 Å². The summed E-state index contributed by atoms with van der Waals surface area (Å²) < 4.78 is 5.30. The highest BCUT2D eigenvalue weighted by atomic mass is 16.5. The number of amides is 2. The van der Waals surface area contributed by atoms with Crippen molar-refractivity contribution in [2.24, 2.45) is 0 Å². The summed E-state index contributed by atoms with van der Waals surface area (Å²) in [7, 11) is 0. The van der Waals surface area contributed by atoms with Crippen LogP contribution in [0.25, 0.3) is 10.9 Å². The molecular weight excluding hydrogens is 384 g/mol. The van der Waals surface area contributed by atoms with Crippen LogP contribution in [0.5, 0.6) is 0 Å². The minimum Gasteiger partial charge on any atom is -0.454 e. The van der Waals surface area contributed by atoms with E-state index in [2.05, 4.69) is 4.98 Å². The van der Waals surface area contributed by atoms with Gasteiger partial charge in [-0.2, -0.15) is 0 Å². The third-order valence-electron chi connectivity index (χ3n) is 5.24. The van der Waals surface area contributed by atoms with Crippen LogP contribution in [-0.4, -0.2) is 46.1 Å². The molecule has 1 unspecified atom stereocenters. The largest absolute Gasteiger partial charge is 0.454 e. The fraction of sp³-hybridized carbons (Fsp3) is 0.217. The number of carbonyl (C=O) groups is 4. The molecule has 1 aromatic heterocycles. The number of imide groups is 1. The van der Waals surface area contributed by atoms with Gasteiger partial charge in [0.25, 0.3) is 11.8 Å². The molecule has 1 atom stereocenters. The van der Waals surface area contributed by atoms with E-state index in [1.807, 2.05) is 24.3 Å². The van der Waals surface area contributed by atoms with Crippen LogP contribution in [-0.2, 0) is 9.53 Å². The van der Waals surface area contributed by atoms with Crippen LogP contribution in [0, 0.1) is 6.92 Å². The Kier molecular flexibility index (Phi) is 4.95. The van der Waals surface area contributed by atoms with Crippen molar-refractivity contribution in [2.75, 3.05) is 6.54 Å². The Morgan fingerprint density at radius 3 is 2.27 bits per heavy atom. The molecule has 4 rings (SSSR count). The van der Waals surface area contributed by atoms with Gasteiger partial charge in [0.05, 0.1) is 17.5 Å². The molecule has 1 aliphatic rings. The summed E-state index contributed by atoms with van der Waals surface area (Å²) in [5, 5.41) is 0.772. The van der Waals surface area contributed by atoms with Gasteiger partial charge in [0.2, 0.25) is 5.78 Å². The van der Waals surface area contributed by atoms with E-state index in [0.29, 0.717) is 22.4 Å². The van der Waals surface area contributed by atoms with Crippen LogP contribution < -0.4 is 0 Å². The van der Waals surface area contributed by atoms with Crippen molar-refractivity contribution >= 4 is 34.5 Å². The number of aryl methyl sites for hydroxylation is 1. The van der Waals surface area contributed by atoms with E-state index in [9.17, 15) is 19.2 Å². The second kappa shape index (κ2) is 7.59. The number of ketones is 1. The van der Waals surface area contributed by atoms with Crippen LogP contribution in [0.2, 0.25) is 0 Å². The number of ether oxygens (including phenoxy) is 1. The number of para-hydroxylation sites is 1. The number of nitrogens with one attached hydrogen (secondary N) is 1. The van der Waals surface area contributed by atoms with Crippen molar-refractivity contribution in [3.8, 4) is 0 Å². The standard InChI is InChI=1S/C23H20N2O5/c1-13-20(17-9-5-6-10-18(17)24-13)21(27)14(2)30-19(26)11-12-25-22(28)15-7-3-4-8-16(15)23(25)29/h3-10,14,24H,11-12H2,1-2H3. The average molecular weight is 404 g/mol. The summed E-state index contributed by atoms with van der Waals surface area (Å²) in [5.41, 5.74) is 2.69. The molecule has 7 heteroatoms. The highest BCUT2D eigenvalue weighted by Crippen LogP contribution is 2.25. The normalized spacial score (nSPS) is 14.1. The maximum Gasteiger partial charge on any atom is 0.308 e. The Hall–Kier alpha value is -3.74. The molecule has 2 amide bonds. The van der Waals surface area contributed by atoms with Gasteiger partial charge in [0.1, 0.15) is 0 Å². The zero-order chi connectivity index (χ0) is 21.4. The molecule has 30 heavy (non-hydrogen) atoms. The summed E-state index contributed by atoms with van der Waals surface area (Å²) in [6.07, 6.45) is -1.17. The van der Waals surface area contributed by atoms with Gasteiger partial charge in [-0.1, -0.05) is 30.3 Å². The number of aromatic amines is 1. The first-order chi connectivity index (χ1) is 14.4. The number of aromatic nitrogens is 1. The summed E-state index contributed by atoms with van der Waals surface area (Å²) >= 11 is 0. The van der Waals surface area contributed by atoms with E-state index in [1.165, 1.54) is 6.92 Å². The fourth-order valence-corrected chi connectivity index (χ4v) is 3.75. The van der Waals surface area contributed by atoms with Crippen molar-refractivity contribution in [3.05, 3.63) is 70.9 Å². The summed E-state index contributed by atoms with van der Waals surface area (Å²) in [6, 6.07) is 13.9. The molecule has 2 heterocycles. The number of esters is 1. The molecule has 0 saturated carbocycles. The zero-order valence-electron chi connectivity index (χ0n) is 16.6. The quantitative estimate of drug-likeness (QED) is 0.386. The van der Waals surface area contributed by atoms with Gasteiger partial charge >= 0.3 is 5.97 Å². The van der Waals surface area contributed by atoms with E-state index in [1.54, 1.807) is 31.2 Å². The molecule has 0 radical (unpaired) electrons. The topological polar surface area (TPSA) is 96.5 Å². The number of nitrogens with zero attached hydrogens (tertiary/aromatic N) is 1. The molecule has 7 nitrogen and oxygen atoms in total. The first-order valence-corrected chi connectivity index (χ1v) is 9.64. The minimum atomic E-state index is -0.988. The average Bonchev–Trinajstić information content (AvgIpc) is 3.19. The van der Waals surface area contributed by atoms with Gasteiger partial charge in [-0.05, 0) is 32.0 Å². The molecular formula is C23H20N2O5. The highest BCUT2D eigenvalue weighted by Gasteiger charge is 2.35. The van der Waals surface area contributed by atoms with Crippen molar-refractivity contribution in [1.29, 1.82) is 0 Å². The SMILES string of the molecule is Cc1[nH]c2ccccc2c1C(=O)C(C)OC(=O)CCN1C(=O)c2ccccc2C1=O. The van der Waals surface area contributed by atoms with Crippen molar-refractivity contribution < 1.29 is 23.9 Å². The Bertz CT molecular complexity index is 1160. The van der Waals surface area contributed by atoms with Gasteiger partial charge in [0, 0.05) is 28.7 Å². The zero-order valence-corrected chi connectivity index (χ0v) is 16.6. The van der Waals surface area contributed by atoms with Gasteiger partial charge in [0.15, 0.2) is 6.10 Å². The number of benzene rings is 2. The summed E-state index contributed by atoms with van der Waals surface area (Å²) in [5.74, 6) is -1.81. The van der Waals surface area contributed by atoms with E-state index in [0.717, 1.165) is 15.8 Å². The van der Waals surface area contributed by atoms with Gasteiger partial charge < -0.3 is 9.72 Å². The molecule has 3 aromatic rings.